The van der Waals surface area contributed by atoms with Crippen LogP contribution in [0.2, 0.25) is 5.02 Å². The summed E-state index contributed by atoms with van der Waals surface area (Å²) in [5, 5.41) is 13.4. The molecular formula is C13H15ClN2O4. The average Bonchev–Trinajstić information content (AvgIpc) is 2.46. The molecule has 108 valence electrons. The van der Waals surface area contributed by atoms with E-state index in [2.05, 4.69) is 5.32 Å². The Hall–Kier alpha value is -1.66. The van der Waals surface area contributed by atoms with Gasteiger partial charge in [-0.25, -0.2) is 0 Å². The number of nitro groups is 1. The van der Waals surface area contributed by atoms with E-state index in [0.717, 1.165) is 19.4 Å². The van der Waals surface area contributed by atoms with Gasteiger partial charge >= 0.3 is 0 Å². The monoisotopic (exact) mass is 298 g/mol. The van der Waals surface area contributed by atoms with Crippen LogP contribution in [0.15, 0.2) is 18.2 Å². The molecule has 0 radical (unpaired) electrons. The van der Waals surface area contributed by atoms with Gasteiger partial charge in [-0.05, 0) is 24.8 Å². The van der Waals surface area contributed by atoms with Crippen molar-refractivity contribution in [3.63, 3.8) is 0 Å². The lowest BCUT2D eigenvalue weighted by Crippen LogP contribution is -2.33. The Balaban J connectivity index is 2.01. The first-order valence-electron chi connectivity index (χ1n) is 6.38. The van der Waals surface area contributed by atoms with Crippen LogP contribution >= 0.6 is 11.6 Å². The van der Waals surface area contributed by atoms with Crippen LogP contribution in [-0.2, 0) is 4.74 Å². The van der Waals surface area contributed by atoms with Gasteiger partial charge in [0.05, 0.1) is 17.1 Å². The van der Waals surface area contributed by atoms with Gasteiger partial charge in [-0.2, -0.15) is 0 Å². The summed E-state index contributed by atoms with van der Waals surface area (Å²) in [4.78, 5) is 22.2. The highest BCUT2D eigenvalue weighted by Gasteiger charge is 2.21. The molecule has 1 amide bonds. The van der Waals surface area contributed by atoms with Crippen LogP contribution < -0.4 is 5.32 Å². The van der Waals surface area contributed by atoms with Crippen LogP contribution in [0, 0.1) is 16.0 Å². The summed E-state index contributed by atoms with van der Waals surface area (Å²) >= 11 is 5.89. The lowest BCUT2D eigenvalue weighted by molar-refractivity contribution is -0.384. The lowest BCUT2D eigenvalue weighted by atomic mass is 10.0. The molecule has 0 spiro atoms. The van der Waals surface area contributed by atoms with E-state index < -0.39 is 10.8 Å². The van der Waals surface area contributed by atoms with Crippen molar-refractivity contribution in [3.8, 4) is 0 Å². The molecule has 1 N–H and O–H groups in total. The molecule has 0 aromatic heterocycles. The van der Waals surface area contributed by atoms with Crippen molar-refractivity contribution in [2.24, 2.45) is 5.92 Å². The van der Waals surface area contributed by atoms with Gasteiger partial charge in [0.1, 0.15) is 5.02 Å². The molecule has 1 aromatic rings. The zero-order chi connectivity index (χ0) is 14.5. The minimum absolute atomic E-state index is 0.123. The van der Waals surface area contributed by atoms with Gasteiger partial charge in [-0.15, -0.1) is 0 Å². The fraction of sp³-hybridized carbons (Fsp3) is 0.462. The zero-order valence-corrected chi connectivity index (χ0v) is 11.6. The van der Waals surface area contributed by atoms with Crippen molar-refractivity contribution in [2.75, 3.05) is 19.8 Å². The van der Waals surface area contributed by atoms with Gasteiger partial charge in [0.15, 0.2) is 0 Å². The van der Waals surface area contributed by atoms with Gasteiger partial charge in [0, 0.05) is 19.2 Å². The predicted octanol–water partition coefficient (Wildman–Crippen LogP) is 2.40. The molecule has 1 heterocycles. The van der Waals surface area contributed by atoms with Crippen LogP contribution in [0.25, 0.3) is 0 Å². The summed E-state index contributed by atoms with van der Waals surface area (Å²) < 4.78 is 5.33. The van der Waals surface area contributed by atoms with E-state index in [1.54, 1.807) is 0 Å². The number of amides is 1. The van der Waals surface area contributed by atoms with Crippen molar-refractivity contribution >= 4 is 23.2 Å². The van der Waals surface area contributed by atoms with Gasteiger partial charge in [-0.1, -0.05) is 17.7 Å². The number of hydrogen-bond acceptors (Lipinski definition) is 4. The van der Waals surface area contributed by atoms with E-state index in [9.17, 15) is 14.9 Å². The normalized spacial score (nSPS) is 18.6. The topological polar surface area (TPSA) is 81.5 Å². The quantitative estimate of drug-likeness (QED) is 0.683. The van der Waals surface area contributed by atoms with Crippen LogP contribution in [0.4, 0.5) is 5.69 Å². The van der Waals surface area contributed by atoms with Gasteiger partial charge in [0.25, 0.3) is 11.6 Å². The first kappa shape index (κ1) is 14.7. The first-order valence-corrected chi connectivity index (χ1v) is 6.76. The molecule has 1 saturated heterocycles. The number of carbonyl (C=O) groups is 1. The molecule has 0 bridgehead atoms. The first-order chi connectivity index (χ1) is 9.59. The number of carbonyl (C=O) groups excluding carboxylic acids is 1. The van der Waals surface area contributed by atoms with E-state index in [-0.39, 0.29) is 22.2 Å². The molecule has 0 aliphatic carbocycles. The minimum atomic E-state index is -0.603. The Kier molecular flexibility index (Phi) is 4.92. The highest BCUT2D eigenvalue weighted by atomic mass is 35.5. The predicted molar refractivity (Wildman–Crippen MR) is 74.0 cm³/mol. The van der Waals surface area contributed by atoms with E-state index in [4.69, 9.17) is 16.3 Å². The Morgan fingerprint density at radius 2 is 2.35 bits per heavy atom. The molecule has 6 nitrogen and oxygen atoms in total. The number of hydrogen-bond donors (Lipinski definition) is 1. The molecule has 1 aliphatic rings. The molecule has 1 fully saturated rings. The van der Waals surface area contributed by atoms with Crippen molar-refractivity contribution in [3.05, 3.63) is 38.9 Å². The van der Waals surface area contributed by atoms with E-state index >= 15 is 0 Å². The second-order valence-corrected chi connectivity index (χ2v) is 5.07. The number of rotatable bonds is 4. The van der Waals surface area contributed by atoms with Gasteiger partial charge in [-0.3, -0.25) is 14.9 Å². The maximum atomic E-state index is 12.0. The van der Waals surface area contributed by atoms with Crippen molar-refractivity contribution in [1.82, 2.24) is 5.32 Å². The lowest BCUT2D eigenvalue weighted by Gasteiger charge is -2.22. The second kappa shape index (κ2) is 6.67. The molecule has 1 atom stereocenters. The highest BCUT2D eigenvalue weighted by molar-refractivity contribution is 6.35. The Morgan fingerprint density at radius 1 is 1.55 bits per heavy atom. The zero-order valence-electron chi connectivity index (χ0n) is 10.8. The largest absolute Gasteiger partial charge is 0.381 e. The number of benzene rings is 1. The molecule has 1 aliphatic heterocycles. The Bertz CT molecular complexity index is 515. The van der Waals surface area contributed by atoms with E-state index in [0.29, 0.717) is 13.2 Å². The summed E-state index contributed by atoms with van der Waals surface area (Å²) in [7, 11) is 0. The third-order valence-corrected chi connectivity index (χ3v) is 3.62. The molecule has 7 heteroatoms. The van der Waals surface area contributed by atoms with Crippen molar-refractivity contribution in [2.45, 2.75) is 12.8 Å². The van der Waals surface area contributed by atoms with Gasteiger partial charge in [0.2, 0.25) is 0 Å². The third kappa shape index (κ3) is 3.46. The molecule has 20 heavy (non-hydrogen) atoms. The second-order valence-electron chi connectivity index (χ2n) is 4.69. The smallest absolute Gasteiger partial charge is 0.288 e. The van der Waals surface area contributed by atoms with Crippen LogP contribution in [0.3, 0.4) is 0 Å². The summed E-state index contributed by atoms with van der Waals surface area (Å²) in [6.07, 6.45) is 1.99. The van der Waals surface area contributed by atoms with Crippen LogP contribution in [0.1, 0.15) is 23.2 Å². The maximum absolute atomic E-state index is 12.0. The van der Waals surface area contributed by atoms with Crippen LogP contribution in [0.5, 0.6) is 0 Å². The highest BCUT2D eigenvalue weighted by Crippen LogP contribution is 2.27. The number of nitro benzene ring substituents is 1. The van der Waals surface area contributed by atoms with Crippen molar-refractivity contribution < 1.29 is 14.5 Å². The SMILES string of the molecule is O=C(NC[C@@H]1CCCOC1)c1cccc([N+](=O)[O-])c1Cl. The molecule has 0 saturated carbocycles. The van der Waals surface area contributed by atoms with Gasteiger partial charge < -0.3 is 10.1 Å². The molecular weight excluding hydrogens is 284 g/mol. The summed E-state index contributed by atoms with van der Waals surface area (Å²) in [5.41, 5.74) is -0.141. The van der Waals surface area contributed by atoms with E-state index in [1.165, 1.54) is 18.2 Å². The summed E-state index contributed by atoms with van der Waals surface area (Å²) in [5.74, 6) is -0.116. The fourth-order valence-electron chi connectivity index (χ4n) is 2.14. The Labute approximate surface area is 121 Å². The van der Waals surface area contributed by atoms with Crippen molar-refractivity contribution in [1.29, 1.82) is 0 Å². The fourth-order valence-corrected chi connectivity index (χ4v) is 2.42. The Morgan fingerprint density at radius 3 is 3.00 bits per heavy atom. The molecule has 2 rings (SSSR count). The molecule has 0 unspecified atom stereocenters. The minimum Gasteiger partial charge on any atom is -0.381 e. The number of ether oxygens (including phenoxy) is 1. The maximum Gasteiger partial charge on any atom is 0.288 e. The molecule has 1 aromatic carbocycles. The number of nitrogens with one attached hydrogen (secondary N) is 1. The number of halogens is 1. The third-order valence-electron chi connectivity index (χ3n) is 3.23. The standard InChI is InChI=1S/C13H15ClN2O4/c14-12-10(4-1-5-11(12)16(18)19)13(17)15-7-9-3-2-6-20-8-9/h1,4-5,9H,2-3,6-8H2,(H,15,17)/t9-/m0/s1. The van der Waals surface area contributed by atoms with Crippen LogP contribution in [-0.4, -0.2) is 30.6 Å². The van der Waals surface area contributed by atoms with E-state index in [1.807, 2.05) is 0 Å². The average molecular weight is 299 g/mol. The summed E-state index contributed by atoms with van der Waals surface area (Å²) in [6, 6.07) is 4.19. The summed E-state index contributed by atoms with van der Waals surface area (Å²) in [6.45, 7) is 1.88. The number of nitrogens with zero attached hydrogens (tertiary/aromatic N) is 1.